The molecule has 0 aliphatic rings. The van der Waals surface area contributed by atoms with Crippen LogP contribution < -0.4 is 0 Å². The van der Waals surface area contributed by atoms with Gasteiger partial charge in [0.15, 0.2) is 5.79 Å². The van der Waals surface area contributed by atoms with Crippen molar-refractivity contribution in [2.24, 2.45) is 0 Å². The fraction of sp³-hybridized carbons (Fsp3) is 1.00. The first-order chi connectivity index (χ1) is 6.24. The topological polar surface area (TPSA) is 27.7 Å². The molecule has 0 atom stereocenters. The van der Waals surface area contributed by atoms with Crippen molar-refractivity contribution in [1.29, 1.82) is 0 Å². The van der Waals surface area contributed by atoms with E-state index < -0.39 is 5.79 Å². The SMILES string of the molecule is COC(CCCCS)(CO[SiH3])OC. The monoisotopic (exact) mass is 224 g/mol. The van der Waals surface area contributed by atoms with E-state index in [0.717, 1.165) is 25.0 Å². The molecule has 0 saturated heterocycles. The fourth-order valence-corrected chi connectivity index (χ4v) is 1.87. The third kappa shape index (κ3) is 5.02. The van der Waals surface area contributed by atoms with Crippen molar-refractivity contribution >= 4 is 23.1 Å². The highest BCUT2D eigenvalue weighted by molar-refractivity contribution is 7.80. The predicted molar refractivity (Wildman–Crippen MR) is 60.3 cm³/mol. The predicted octanol–water partition coefficient (Wildman–Crippen LogP) is 0.373. The molecule has 0 saturated carbocycles. The number of ether oxygens (including phenoxy) is 2. The molecule has 13 heavy (non-hydrogen) atoms. The van der Waals surface area contributed by atoms with Crippen LogP contribution in [0.5, 0.6) is 0 Å². The molecule has 0 aromatic carbocycles. The summed E-state index contributed by atoms with van der Waals surface area (Å²) in [6.07, 6.45) is 3.00. The van der Waals surface area contributed by atoms with Crippen LogP contribution in [0.15, 0.2) is 0 Å². The quantitative estimate of drug-likeness (QED) is 0.279. The van der Waals surface area contributed by atoms with Gasteiger partial charge in [-0.2, -0.15) is 12.6 Å². The zero-order chi connectivity index (χ0) is 10.2. The molecule has 0 aromatic rings. The van der Waals surface area contributed by atoms with Crippen LogP contribution in [0.25, 0.3) is 0 Å². The minimum atomic E-state index is -0.537. The largest absolute Gasteiger partial charge is 0.422 e. The van der Waals surface area contributed by atoms with E-state index in [2.05, 4.69) is 12.6 Å². The van der Waals surface area contributed by atoms with Crippen molar-refractivity contribution in [3.05, 3.63) is 0 Å². The summed E-state index contributed by atoms with van der Waals surface area (Å²) in [5, 5.41) is 0. The van der Waals surface area contributed by atoms with Crippen molar-refractivity contribution < 1.29 is 13.9 Å². The Morgan fingerprint density at radius 2 is 1.85 bits per heavy atom. The number of thiol groups is 1. The van der Waals surface area contributed by atoms with Gasteiger partial charge in [0.25, 0.3) is 0 Å². The van der Waals surface area contributed by atoms with Crippen LogP contribution in [0.2, 0.25) is 0 Å². The number of hydrogen-bond acceptors (Lipinski definition) is 4. The molecule has 0 aliphatic carbocycles. The summed E-state index contributed by atoms with van der Waals surface area (Å²) in [5.41, 5.74) is 0. The summed E-state index contributed by atoms with van der Waals surface area (Å²) in [5.74, 6) is 0.371. The molecule has 0 unspecified atom stereocenters. The normalized spacial score (nSPS) is 12.2. The second kappa shape index (κ2) is 7.81. The molecule has 0 spiro atoms. The number of rotatable bonds is 8. The molecular weight excluding hydrogens is 204 g/mol. The Morgan fingerprint density at radius 1 is 1.23 bits per heavy atom. The standard InChI is InChI=1S/C8H20O3SSi/c1-9-8(10-2,7-11-13)5-3-4-6-12/h12H,3-7H2,1-2,13H3. The van der Waals surface area contributed by atoms with E-state index in [9.17, 15) is 0 Å². The van der Waals surface area contributed by atoms with E-state index in [1.54, 1.807) is 14.2 Å². The van der Waals surface area contributed by atoms with Gasteiger partial charge in [-0.15, -0.1) is 0 Å². The van der Waals surface area contributed by atoms with Crippen LogP contribution in [0.1, 0.15) is 19.3 Å². The first-order valence-electron chi connectivity index (χ1n) is 4.45. The lowest BCUT2D eigenvalue weighted by Gasteiger charge is -2.30. The van der Waals surface area contributed by atoms with Crippen molar-refractivity contribution in [2.75, 3.05) is 26.6 Å². The van der Waals surface area contributed by atoms with Crippen LogP contribution in [0.4, 0.5) is 0 Å². The molecule has 0 aromatic heterocycles. The van der Waals surface area contributed by atoms with Gasteiger partial charge in [-0.05, 0) is 18.6 Å². The summed E-state index contributed by atoms with van der Waals surface area (Å²) in [7, 11) is 4.03. The van der Waals surface area contributed by atoms with Crippen LogP contribution in [0.3, 0.4) is 0 Å². The van der Waals surface area contributed by atoms with Crippen LogP contribution in [-0.4, -0.2) is 42.9 Å². The van der Waals surface area contributed by atoms with Gasteiger partial charge in [0.2, 0.25) is 0 Å². The molecule has 0 amide bonds. The van der Waals surface area contributed by atoms with E-state index in [1.165, 1.54) is 0 Å². The van der Waals surface area contributed by atoms with Crippen molar-refractivity contribution in [1.82, 2.24) is 0 Å². The van der Waals surface area contributed by atoms with Crippen LogP contribution >= 0.6 is 12.6 Å². The summed E-state index contributed by atoms with van der Waals surface area (Å²) < 4.78 is 15.8. The maximum absolute atomic E-state index is 5.32. The van der Waals surface area contributed by atoms with E-state index in [4.69, 9.17) is 13.9 Å². The number of methoxy groups -OCH3 is 2. The van der Waals surface area contributed by atoms with E-state index in [0.29, 0.717) is 17.1 Å². The number of unbranched alkanes of at least 4 members (excludes halogenated alkanes) is 1. The van der Waals surface area contributed by atoms with E-state index in [-0.39, 0.29) is 0 Å². The fourth-order valence-electron chi connectivity index (χ4n) is 1.20. The van der Waals surface area contributed by atoms with Crippen molar-refractivity contribution in [3.8, 4) is 0 Å². The lowest BCUT2D eigenvalue weighted by Crippen LogP contribution is -2.38. The highest BCUT2D eigenvalue weighted by Crippen LogP contribution is 2.19. The highest BCUT2D eigenvalue weighted by Gasteiger charge is 2.28. The van der Waals surface area contributed by atoms with Gasteiger partial charge >= 0.3 is 0 Å². The Labute approximate surface area is 89.1 Å². The van der Waals surface area contributed by atoms with Crippen molar-refractivity contribution in [2.45, 2.75) is 25.0 Å². The van der Waals surface area contributed by atoms with Crippen LogP contribution in [-0.2, 0) is 13.9 Å². The Morgan fingerprint density at radius 3 is 2.23 bits per heavy atom. The highest BCUT2D eigenvalue weighted by atomic mass is 32.1. The average molecular weight is 224 g/mol. The first-order valence-corrected chi connectivity index (χ1v) is 5.89. The molecule has 5 heteroatoms. The Balaban J connectivity index is 3.89. The second-order valence-corrected chi connectivity index (χ2v) is 3.96. The van der Waals surface area contributed by atoms with Gasteiger partial charge in [0.1, 0.15) is 10.5 Å². The Hall–Kier alpha value is 0.447. The molecule has 0 radical (unpaired) electrons. The van der Waals surface area contributed by atoms with Gasteiger partial charge < -0.3 is 13.9 Å². The number of hydrogen-bond donors (Lipinski definition) is 1. The lowest BCUT2D eigenvalue weighted by atomic mass is 10.1. The smallest absolute Gasteiger partial charge is 0.189 e. The third-order valence-electron chi connectivity index (χ3n) is 2.07. The van der Waals surface area contributed by atoms with Gasteiger partial charge in [0, 0.05) is 20.6 Å². The lowest BCUT2D eigenvalue weighted by molar-refractivity contribution is -0.226. The molecule has 0 fully saturated rings. The minimum absolute atomic E-state index is 0.527. The molecule has 0 heterocycles. The molecule has 3 nitrogen and oxygen atoms in total. The summed E-state index contributed by atoms with van der Waals surface area (Å²) in [4.78, 5) is 0. The molecule has 0 bridgehead atoms. The van der Waals surface area contributed by atoms with Gasteiger partial charge in [-0.1, -0.05) is 0 Å². The second-order valence-electron chi connectivity index (χ2n) is 2.93. The Kier molecular flexibility index (Phi) is 8.08. The van der Waals surface area contributed by atoms with Gasteiger partial charge in [-0.3, -0.25) is 0 Å². The van der Waals surface area contributed by atoms with Crippen molar-refractivity contribution in [3.63, 3.8) is 0 Å². The van der Waals surface area contributed by atoms with E-state index >= 15 is 0 Å². The third-order valence-corrected chi connectivity index (χ3v) is 2.68. The Bertz CT molecular complexity index is 120. The maximum Gasteiger partial charge on any atom is 0.189 e. The molecule has 0 rings (SSSR count). The summed E-state index contributed by atoms with van der Waals surface area (Å²) in [6.45, 7) is 0.527. The zero-order valence-electron chi connectivity index (χ0n) is 8.71. The molecule has 0 aliphatic heterocycles. The molecule has 0 N–H and O–H groups in total. The summed E-state index contributed by atoms with van der Waals surface area (Å²) in [6, 6.07) is 0. The molecular formula is C8H20O3SSi. The van der Waals surface area contributed by atoms with E-state index in [1.807, 2.05) is 0 Å². The first kappa shape index (κ1) is 13.4. The van der Waals surface area contributed by atoms with Crippen LogP contribution in [0, 0.1) is 0 Å². The van der Waals surface area contributed by atoms with Gasteiger partial charge in [-0.25, -0.2) is 0 Å². The molecule has 80 valence electrons. The minimum Gasteiger partial charge on any atom is -0.422 e. The summed E-state index contributed by atoms with van der Waals surface area (Å²) >= 11 is 4.16. The maximum atomic E-state index is 5.32. The zero-order valence-corrected chi connectivity index (χ0v) is 11.6. The van der Waals surface area contributed by atoms with Gasteiger partial charge in [0.05, 0.1) is 6.61 Å². The average Bonchev–Trinajstić information content (AvgIpc) is 2.17.